The van der Waals surface area contributed by atoms with Gasteiger partial charge < -0.3 is 10.1 Å². The summed E-state index contributed by atoms with van der Waals surface area (Å²) in [5.41, 5.74) is 4.86. The van der Waals surface area contributed by atoms with Crippen LogP contribution in [-0.4, -0.2) is 12.6 Å². The Labute approximate surface area is 130 Å². The summed E-state index contributed by atoms with van der Waals surface area (Å²) in [6, 6.07) is 16.2. The predicted octanol–water partition coefficient (Wildman–Crippen LogP) is 3.82. The number of cyclic esters (lactones) is 1. The van der Waals surface area contributed by atoms with Crippen LogP contribution < -0.4 is 5.32 Å². The van der Waals surface area contributed by atoms with Crippen molar-refractivity contribution in [1.29, 1.82) is 0 Å². The lowest BCUT2D eigenvalue weighted by Gasteiger charge is -2.27. The zero-order chi connectivity index (χ0) is 14.4. The predicted molar refractivity (Wildman–Crippen MR) is 84.0 cm³/mol. The summed E-state index contributed by atoms with van der Waals surface area (Å²) in [4.78, 5) is 12.1. The van der Waals surface area contributed by atoms with E-state index in [-0.39, 0.29) is 11.9 Å². The number of fused-ring (bicyclic) bond motifs is 1. The summed E-state index contributed by atoms with van der Waals surface area (Å²) in [5, 5.41) is 3.32. The highest BCUT2D eigenvalue weighted by atomic mass is 79.9. The van der Waals surface area contributed by atoms with E-state index in [4.69, 9.17) is 4.74 Å². The number of ether oxygens (including phenoxy) is 1. The molecule has 0 saturated carbocycles. The van der Waals surface area contributed by atoms with Gasteiger partial charge in [-0.2, -0.15) is 0 Å². The van der Waals surface area contributed by atoms with Crippen molar-refractivity contribution in [2.45, 2.75) is 5.92 Å². The molecular weight excluding hydrogens is 330 g/mol. The van der Waals surface area contributed by atoms with Gasteiger partial charge in [0.2, 0.25) is 0 Å². The molecule has 2 aromatic carbocycles. The van der Waals surface area contributed by atoms with Gasteiger partial charge in [-0.3, -0.25) is 0 Å². The van der Waals surface area contributed by atoms with Gasteiger partial charge in [0.25, 0.3) is 0 Å². The Balaban J connectivity index is 1.92. The minimum Gasteiger partial charge on any atom is -0.456 e. The van der Waals surface area contributed by atoms with Crippen molar-refractivity contribution < 1.29 is 9.53 Å². The molecule has 21 heavy (non-hydrogen) atoms. The van der Waals surface area contributed by atoms with E-state index in [1.165, 1.54) is 0 Å². The maximum atomic E-state index is 12.1. The van der Waals surface area contributed by atoms with Crippen molar-refractivity contribution in [1.82, 2.24) is 0 Å². The van der Waals surface area contributed by atoms with Gasteiger partial charge in [0, 0.05) is 16.1 Å². The Kier molecular flexibility index (Phi) is 2.86. The van der Waals surface area contributed by atoms with Gasteiger partial charge in [-0.15, -0.1) is 0 Å². The molecule has 3 nitrogen and oxygen atoms in total. The minimum atomic E-state index is -0.222. The van der Waals surface area contributed by atoms with Gasteiger partial charge in [-0.05, 0) is 29.3 Å². The third-order valence-electron chi connectivity index (χ3n) is 3.94. The summed E-state index contributed by atoms with van der Waals surface area (Å²) < 4.78 is 6.25. The van der Waals surface area contributed by atoms with Gasteiger partial charge in [0.05, 0.1) is 11.3 Å². The standard InChI is InChI=1S/C17H12BrNO2/c18-11-7-5-10(6-8-11)15-12-3-1-2-4-13(12)19-14-9-21-17(20)16(14)15/h1-8,15,19H,9H2. The number of anilines is 1. The first-order chi connectivity index (χ1) is 10.2. The number of benzene rings is 2. The second kappa shape index (κ2) is 4.74. The van der Waals surface area contributed by atoms with Crippen LogP contribution >= 0.6 is 15.9 Å². The molecule has 2 aromatic rings. The highest BCUT2D eigenvalue weighted by molar-refractivity contribution is 9.10. The summed E-state index contributed by atoms with van der Waals surface area (Å²) in [6.07, 6.45) is 0. The lowest BCUT2D eigenvalue weighted by Crippen LogP contribution is -2.19. The van der Waals surface area contributed by atoms with E-state index in [0.717, 1.165) is 32.6 Å². The molecule has 2 aliphatic rings. The zero-order valence-electron chi connectivity index (χ0n) is 11.1. The van der Waals surface area contributed by atoms with E-state index >= 15 is 0 Å². The van der Waals surface area contributed by atoms with Crippen molar-refractivity contribution in [2.24, 2.45) is 0 Å². The normalized spacial score (nSPS) is 19.7. The lowest BCUT2D eigenvalue weighted by molar-refractivity contribution is -0.136. The number of hydrogen-bond donors (Lipinski definition) is 1. The number of para-hydroxylation sites is 1. The molecule has 1 N–H and O–H groups in total. The highest BCUT2D eigenvalue weighted by Gasteiger charge is 2.37. The Morgan fingerprint density at radius 3 is 2.67 bits per heavy atom. The maximum absolute atomic E-state index is 12.1. The van der Waals surface area contributed by atoms with E-state index in [2.05, 4.69) is 27.3 Å². The van der Waals surface area contributed by atoms with Crippen LogP contribution in [0.2, 0.25) is 0 Å². The molecule has 0 aromatic heterocycles. The molecule has 0 spiro atoms. The fourth-order valence-electron chi connectivity index (χ4n) is 2.99. The average molecular weight is 342 g/mol. The second-order valence-corrected chi connectivity index (χ2v) is 6.08. The molecule has 4 heteroatoms. The number of hydrogen-bond acceptors (Lipinski definition) is 3. The number of halogens is 1. The van der Waals surface area contributed by atoms with Crippen LogP contribution in [0.3, 0.4) is 0 Å². The van der Waals surface area contributed by atoms with Crippen LogP contribution in [0, 0.1) is 0 Å². The van der Waals surface area contributed by atoms with E-state index in [1.54, 1.807) is 0 Å². The third-order valence-corrected chi connectivity index (χ3v) is 4.47. The van der Waals surface area contributed by atoms with Crippen LogP contribution in [0.25, 0.3) is 0 Å². The molecule has 0 aliphatic carbocycles. The van der Waals surface area contributed by atoms with E-state index < -0.39 is 0 Å². The molecule has 104 valence electrons. The minimum absolute atomic E-state index is 0.0689. The number of esters is 1. The van der Waals surface area contributed by atoms with Gasteiger partial charge in [-0.25, -0.2) is 4.79 Å². The van der Waals surface area contributed by atoms with Crippen LogP contribution in [-0.2, 0) is 9.53 Å². The van der Waals surface area contributed by atoms with Crippen molar-refractivity contribution >= 4 is 27.6 Å². The van der Waals surface area contributed by atoms with Crippen LogP contribution in [0.4, 0.5) is 5.69 Å². The van der Waals surface area contributed by atoms with Gasteiger partial charge in [0.1, 0.15) is 6.61 Å². The average Bonchev–Trinajstić information content (AvgIpc) is 2.87. The topological polar surface area (TPSA) is 38.3 Å². The van der Waals surface area contributed by atoms with Crippen LogP contribution in [0.5, 0.6) is 0 Å². The number of nitrogens with one attached hydrogen (secondary N) is 1. The lowest BCUT2D eigenvalue weighted by atomic mass is 9.81. The zero-order valence-corrected chi connectivity index (χ0v) is 12.7. The van der Waals surface area contributed by atoms with Crippen molar-refractivity contribution in [3.63, 3.8) is 0 Å². The molecule has 0 amide bonds. The number of carbonyl (C=O) groups is 1. The van der Waals surface area contributed by atoms with E-state index in [0.29, 0.717) is 6.61 Å². The van der Waals surface area contributed by atoms with Gasteiger partial charge >= 0.3 is 5.97 Å². The molecule has 1 atom stereocenters. The molecule has 0 bridgehead atoms. The Bertz CT molecular complexity index is 765. The van der Waals surface area contributed by atoms with E-state index in [1.807, 2.05) is 42.5 Å². The van der Waals surface area contributed by atoms with Gasteiger partial charge in [-0.1, -0.05) is 46.3 Å². The molecule has 4 rings (SSSR count). The highest BCUT2D eigenvalue weighted by Crippen LogP contribution is 2.44. The largest absolute Gasteiger partial charge is 0.456 e. The molecule has 2 heterocycles. The summed E-state index contributed by atoms with van der Waals surface area (Å²) >= 11 is 3.45. The molecule has 2 aliphatic heterocycles. The smallest absolute Gasteiger partial charge is 0.337 e. The molecule has 1 unspecified atom stereocenters. The molecular formula is C17H12BrNO2. The SMILES string of the molecule is O=C1OCC2=C1C(c1ccc(Br)cc1)c1ccccc1N2. The fourth-order valence-corrected chi connectivity index (χ4v) is 3.26. The van der Waals surface area contributed by atoms with Crippen molar-refractivity contribution in [2.75, 3.05) is 11.9 Å². The Hall–Kier alpha value is -2.07. The quantitative estimate of drug-likeness (QED) is 0.801. The summed E-state index contributed by atoms with van der Waals surface area (Å²) in [7, 11) is 0. The first-order valence-electron chi connectivity index (χ1n) is 6.75. The maximum Gasteiger partial charge on any atom is 0.337 e. The fraction of sp³-hybridized carbons (Fsp3) is 0.118. The first kappa shape index (κ1) is 12.7. The first-order valence-corrected chi connectivity index (χ1v) is 7.55. The number of carbonyl (C=O) groups excluding carboxylic acids is 1. The molecule has 0 radical (unpaired) electrons. The van der Waals surface area contributed by atoms with Crippen LogP contribution in [0.1, 0.15) is 17.0 Å². The van der Waals surface area contributed by atoms with Gasteiger partial charge in [0.15, 0.2) is 0 Å². The molecule has 0 fully saturated rings. The molecule has 0 saturated heterocycles. The third kappa shape index (κ3) is 1.98. The summed E-state index contributed by atoms with van der Waals surface area (Å²) in [6.45, 7) is 0.329. The van der Waals surface area contributed by atoms with Crippen LogP contribution in [0.15, 0.2) is 64.3 Å². The van der Waals surface area contributed by atoms with E-state index in [9.17, 15) is 4.79 Å². The summed E-state index contributed by atoms with van der Waals surface area (Å²) in [5.74, 6) is -0.291. The Morgan fingerprint density at radius 1 is 1.10 bits per heavy atom. The monoisotopic (exact) mass is 341 g/mol. The Morgan fingerprint density at radius 2 is 1.86 bits per heavy atom. The van der Waals surface area contributed by atoms with Crippen molar-refractivity contribution in [3.8, 4) is 0 Å². The number of rotatable bonds is 1. The van der Waals surface area contributed by atoms with Crippen molar-refractivity contribution in [3.05, 3.63) is 75.4 Å². The second-order valence-electron chi connectivity index (χ2n) is 5.17.